The molecule has 1 atom stereocenters. The smallest absolute Gasteiger partial charge is 0.235 e. The maximum Gasteiger partial charge on any atom is 0.235 e. The van der Waals surface area contributed by atoms with Crippen molar-refractivity contribution < 1.29 is 13.2 Å². The first kappa shape index (κ1) is 17.7. The van der Waals surface area contributed by atoms with Gasteiger partial charge < -0.3 is 5.32 Å². The second-order valence-electron chi connectivity index (χ2n) is 6.16. The minimum atomic E-state index is -3.34. The van der Waals surface area contributed by atoms with Crippen LogP contribution >= 0.6 is 0 Å². The molecule has 1 N–H and O–H groups in total. The van der Waals surface area contributed by atoms with Crippen molar-refractivity contribution in [1.29, 1.82) is 0 Å². The highest BCUT2D eigenvalue weighted by Gasteiger charge is 2.19. The van der Waals surface area contributed by atoms with Crippen molar-refractivity contribution in [3.05, 3.63) is 34.9 Å². The fraction of sp³-hybridized carbons (Fsp3) is 0.562. The van der Waals surface area contributed by atoms with E-state index in [9.17, 15) is 13.2 Å². The molecule has 5 heteroatoms. The van der Waals surface area contributed by atoms with Gasteiger partial charge in [-0.2, -0.15) is 0 Å². The van der Waals surface area contributed by atoms with Gasteiger partial charge in [-0.25, -0.2) is 8.42 Å². The quantitative estimate of drug-likeness (QED) is 0.878. The van der Waals surface area contributed by atoms with Gasteiger partial charge in [-0.3, -0.25) is 4.79 Å². The lowest BCUT2D eigenvalue weighted by Gasteiger charge is -2.16. The van der Waals surface area contributed by atoms with Gasteiger partial charge >= 0.3 is 0 Å². The topological polar surface area (TPSA) is 63.2 Å². The van der Waals surface area contributed by atoms with Crippen LogP contribution in [-0.2, 0) is 14.6 Å². The Kier molecular flexibility index (Phi) is 5.96. The van der Waals surface area contributed by atoms with Crippen LogP contribution in [0.2, 0.25) is 0 Å². The minimum absolute atomic E-state index is 0.0274. The standard InChI is InChI=1S/C16H25NO3S/c1-11(2)9-21(19,20)10-16(18)17-14(5)15-7-12(3)6-13(4)8-15/h6-8,11,14H,9-10H2,1-5H3,(H,17,18). The zero-order valence-electron chi connectivity index (χ0n) is 13.4. The highest BCUT2D eigenvalue weighted by Crippen LogP contribution is 2.16. The third-order valence-electron chi connectivity index (χ3n) is 3.06. The van der Waals surface area contributed by atoms with Crippen molar-refractivity contribution in [3.8, 4) is 0 Å². The third-order valence-corrected chi connectivity index (χ3v) is 4.94. The molecule has 0 aromatic heterocycles. The van der Waals surface area contributed by atoms with E-state index in [2.05, 4.69) is 11.4 Å². The van der Waals surface area contributed by atoms with Gasteiger partial charge in [0.1, 0.15) is 5.75 Å². The number of rotatable bonds is 6. The average molecular weight is 311 g/mol. The first-order chi connectivity index (χ1) is 9.59. The van der Waals surface area contributed by atoms with Crippen LogP contribution in [0.25, 0.3) is 0 Å². The molecule has 1 rings (SSSR count). The van der Waals surface area contributed by atoms with E-state index in [0.717, 1.165) is 16.7 Å². The Morgan fingerprint density at radius 1 is 1.10 bits per heavy atom. The molecule has 0 aliphatic rings. The lowest BCUT2D eigenvalue weighted by Crippen LogP contribution is -2.33. The molecule has 0 aliphatic carbocycles. The molecule has 0 saturated carbocycles. The number of hydrogen-bond acceptors (Lipinski definition) is 3. The largest absolute Gasteiger partial charge is 0.349 e. The second kappa shape index (κ2) is 7.07. The van der Waals surface area contributed by atoms with Gasteiger partial charge in [0.05, 0.1) is 11.8 Å². The molecule has 1 unspecified atom stereocenters. The predicted octanol–water partition coefficient (Wildman–Crippen LogP) is 2.55. The van der Waals surface area contributed by atoms with Gasteiger partial charge in [0.15, 0.2) is 9.84 Å². The van der Waals surface area contributed by atoms with Gasteiger partial charge in [-0.1, -0.05) is 43.2 Å². The molecular formula is C16H25NO3S. The van der Waals surface area contributed by atoms with Crippen LogP contribution in [-0.4, -0.2) is 25.8 Å². The molecule has 0 bridgehead atoms. The predicted molar refractivity (Wildman–Crippen MR) is 86.0 cm³/mol. The van der Waals surface area contributed by atoms with Crippen molar-refractivity contribution in [3.63, 3.8) is 0 Å². The van der Waals surface area contributed by atoms with Crippen LogP contribution in [0, 0.1) is 19.8 Å². The summed E-state index contributed by atoms with van der Waals surface area (Å²) >= 11 is 0. The molecule has 0 spiro atoms. The summed E-state index contributed by atoms with van der Waals surface area (Å²) in [6.07, 6.45) is 0. The maximum atomic E-state index is 11.9. The van der Waals surface area contributed by atoms with E-state index in [4.69, 9.17) is 0 Å². The SMILES string of the molecule is Cc1cc(C)cc(C(C)NC(=O)CS(=O)(=O)CC(C)C)c1. The van der Waals surface area contributed by atoms with E-state index in [-0.39, 0.29) is 17.7 Å². The van der Waals surface area contributed by atoms with Crippen LogP contribution in [0.5, 0.6) is 0 Å². The number of benzene rings is 1. The Bertz CT molecular complexity index is 586. The number of aryl methyl sites for hydroxylation is 2. The maximum absolute atomic E-state index is 11.9. The van der Waals surface area contributed by atoms with Crippen LogP contribution in [0.1, 0.15) is 43.5 Å². The lowest BCUT2D eigenvalue weighted by molar-refractivity contribution is -0.119. The summed E-state index contributed by atoms with van der Waals surface area (Å²) in [5, 5.41) is 2.76. The van der Waals surface area contributed by atoms with Gasteiger partial charge in [0.25, 0.3) is 0 Å². The van der Waals surface area contributed by atoms with Crippen molar-refractivity contribution in [2.45, 2.75) is 40.7 Å². The summed E-state index contributed by atoms with van der Waals surface area (Å²) in [5.74, 6) is -0.819. The third kappa shape index (κ3) is 6.29. The molecule has 118 valence electrons. The molecule has 4 nitrogen and oxygen atoms in total. The lowest BCUT2D eigenvalue weighted by atomic mass is 10.0. The van der Waals surface area contributed by atoms with Crippen LogP contribution in [0.3, 0.4) is 0 Å². The normalized spacial score (nSPS) is 13.2. The van der Waals surface area contributed by atoms with Crippen molar-refractivity contribution in [1.82, 2.24) is 5.32 Å². The fourth-order valence-electron chi connectivity index (χ4n) is 2.39. The molecule has 0 radical (unpaired) electrons. The molecular weight excluding hydrogens is 286 g/mol. The highest BCUT2D eigenvalue weighted by molar-refractivity contribution is 7.92. The number of carbonyl (C=O) groups excluding carboxylic acids is 1. The molecule has 0 saturated heterocycles. The molecule has 1 aromatic carbocycles. The molecule has 21 heavy (non-hydrogen) atoms. The molecule has 0 heterocycles. The van der Waals surface area contributed by atoms with Gasteiger partial charge in [0, 0.05) is 0 Å². The average Bonchev–Trinajstić information content (AvgIpc) is 2.23. The van der Waals surface area contributed by atoms with E-state index in [0.29, 0.717) is 0 Å². The summed E-state index contributed by atoms with van der Waals surface area (Å²) in [4.78, 5) is 11.9. The zero-order chi connectivity index (χ0) is 16.2. The van der Waals surface area contributed by atoms with Crippen LogP contribution in [0.4, 0.5) is 0 Å². The van der Waals surface area contributed by atoms with Crippen LogP contribution in [0.15, 0.2) is 18.2 Å². The fourth-order valence-corrected chi connectivity index (χ4v) is 4.01. The summed E-state index contributed by atoms with van der Waals surface area (Å²) in [7, 11) is -3.34. The monoisotopic (exact) mass is 311 g/mol. The number of nitrogens with one attached hydrogen (secondary N) is 1. The Morgan fingerprint density at radius 2 is 1.62 bits per heavy atom. The van der Waals surface area contributed by atoms with Gasteiger partial charge in [-0.15, -0.1) is 0 Å². The Labute approximate surface area is 127 Å². The first-order valence-corrected chi connectivity index (χ1v) is 8.99. The van der Waals surface area contributed by atoms with E-state index in [1.165, 1.54) is 0 Å². The van der Waals surface area contributed by atoms with Crippen molar-refractivity contribution >= 4 is 15.7 Å². The Hall–Kier alpha value is -1.36. The van der Waals surface area contributed by atoms with Gasteiger partial charge in [0.2, 0.25) is 5.91 Å². The zero-order valence-corrected chi connectivity index (χ0v) is 14.3. The first-order valence-electron chi connectivity index (χ1n) is 7.17. The number of sulfone groups is 1. The van der Waals surface area contributed by atoms with E-state index >= 15 is 0 Å². The van der Waals surface area contributed by atoms with Crippen molar-refractivity contribution in [2.75, 3.05) is 11.5 Å². The molecule has 1 aromatic rings. The van der Waals surface area contributed by atoms with Crippen LogP contribution < -0.4 is 5.32 Å². The van der Waals surface area contributed by atoms with E-state index in [1.54, 1.807) is 0 Å². The minimum Gasteiger partial charge on any atom is -0.349 e. The molecule has 1 amide bonds. The van der Waals surface area contributed by atoms with E-state index in [1.807, 2.05) is 46.8 Å². The van der Waals surface area contributed by atoms with E-state index < -0.39 is 21.5 Å². The number of carbonyl (C=O) groups is 1. The summed E-state index contributed by atoms with van der Waals surface area (Å²) < 4.78 is 23.6. The second-order valence-corrected chi connectivity index (χ2v) is 8.27. The summed E-state index contributed by atoms with van der Waals surface area (Å²) in [6, 6.07) is 5.86. The molecule has 0 aliphatic heterocycles. The highest BCUT2D eigenvalue weighted by atomic mass is 32.2. The number of hydrogen-bond donors (Lipinski definition) is 1. The summed E-state index contributed by atoms with van der Waals surface area (Å²) in [5.41, 5.74) is 3.24. The Morgan fingerprint density at radius 3 is 2.10 bits per heavy atom. The summed E-state index contributed by atoms with van der Waals surface area (Å²) in [6.45, 7) is 9.51. The molecule has 0 fully saturated rings. The van der Waals surface area contributed by atoms with Gasteiger partial charge in [-0.05, 0) is 32.3 Å². The van der Waals surface area contributed by atoms with Crippen molar-refractivity contribution in [2.24, 2.45) is 5.92 Å². The number of amides is 1. The Balaban J connectivity index is 2.70.